The predicted molar refractivity (Wildman–Crippen MR) is 71.9 cm³/mol. The maximum Gasteiger partial charge on any atom is 0.336 e. The van der Waals surface area contributed by atoms with Crippen molar-refractivity contribution in [3.63, 3.8) is 0 Å². The molecule has 19 heavy (non-hydrogen) atoms. The fraction of sp³-hybridized carbons (Fsp3) is 0.154. The van der Waals surface area contributed by atoms with Gasteiger partial charge in [-0.05, 0) is 25.5 Å². The number of aromatic amines is 1. The van der Waals surface area contributed by atoms with Crippen molar-refractivity contribution in [3.05, 3.63) is 51.4 Å². The third-order valence-corrected chi connectivity index (χ3v) is 3.62. The summed E-state index contributed by atoms with van der Waals surface area (Å²) in [6.45, 7) is 3.54. The molecule has 0 unspecified atom stereocenters. The summed E-state index contributed by atoms with van der Waals surface area (Å²) in [5, 5.41) is 9.56. The Bertz CT molecular complexity index is 695. The van der Waals surface area contributed by atoms with Crippen LogP contribution in [0.3, 0.4) is 0 Å². The first-order valence-corrected chi connectivity index (χ1v) is 6.38. The lowest BCUT2D eigenvalue weighted by Gasteiger charge is -2.08. The SMILES string of the molecule is Cc1cc(=O)[nH]c(Sc2c(C)cccc2C(=O)O)n1. The number of aromatic nitrogens is 2. The summed E-state index contributed by atoms with van der Waals surface area (Å²) in [6.07, 6.45) is 0. The predicted octanol–water partition coefficient (Wildman–Crippen LogP) is 2.24. The molecule has 0 aliphatic carbocycles. The Morgan fingerprint density at radius 3 is 2.74 bits per heavy atom. The topological polar surface area (TPSA) is 83.0 Å². The van der Waals surface area contributed by atoms with Crippen LogP contribution in [0, 0.1) is 13.8 Å². The van der Waals surface area contributed by atoms with E-state index in [1.54, 1.807) is 13.0 Å². The molecule has 0 saturated carbocycles. The Hall–Kier alpha value is -2.08. The summed E-state index contributed by atoms with van der Waals surface area (Å²) in [5.41, 5.74) is 1.38. The highest BCUT2D eigenvalue weighted by Gasteiger charge is 2.14. The second-order valence-corrected chi connectivity index (χ2v) is 5.05. The Morgan fingerprint density at radius 1 is 1.37 bits per heavy atom. The van der Waals surface area contributed by atoms with E-state index in [0.29, 0.717) is 15.7 Å². The largest absolute Gasteiger partial charge is 0.478 e. The van der Waals surface area contributed by atoms with Crippen molar-refractivity contribution < 1.29 is 9.90 Å². The summed E-state index contributed by atoms with van der Waals surface area (Å²) in [6, 6.07) is 6.43. The first kappa shape index (κ1) is 13.4. The van der Waals surface area contributed by atoms with E-state index in [4.69, 9.17) is 0 Å². The minimum absolute atomic E-state index is 0.203. The van der Waals surface area contributed by atoms with Crippen molar-refractivity contribution in [1.29, 1.82) is 0 Å². The normalized spacial score (nSPS) is 10.4. The lowest BCUT2D eigenvalue weighted by Crippen LogP contribution is -2.08. The molecule has 98 valence electrons. The minimum atomic E-state index is -0.999. The number of nitrogens with zero attached hydrogens (tertiary/aromatic N) is 1. The average Bonchev–Trinajstić information content (AvgIpc) is 2.30. The molecule has 1 heterocycles. The molecule has 0 fully saturated rings. The molecule has 1 aromatic heterocycles. The van der Waals surface area contributed by atoms with Crippen molar-refractivity contribution >= 4 is 17.7 Å². The zero-order chi connectivity index (χ0) is 14.0. The third-order valence-electron chi connectivity index (χ3n) is 2.49. The number of aromatic carboxylic acids is 1. The summed E-state index contributed by atoms with van der Waals surface area (Å²) in [4.78, 5) is 29.9. The van der Waals surface area contributed by atoms with Gasteiger partial charge < -0.3 is 10.1 Å². The zero-order valence-electron chi connectivity index (χ0n) is 10.4. The quantitative estimate of drug-likeness (QED) is 0.840. The summed E-state index contributed by atoms with van der Waals surface area (Å²) < 4.78 is 0. The molecule has 0 aliphatic rings. The van der Waals surface area contributed by atoms with E-state index in [1.165, 1.54) is 12.1 Å². The van der Waals surface area contributed by atoms with Crippen LogP contribution in [-0.4, -0.2) is 21.0 Å². The molecule has 0 saturated heterocycles. The maximum atomic E-state index is 11.4. The molecule has 5 nitrogen and oxygen atoms in total. The van der Waals surface area contributed by atoms with Crippen LogP contribution in [0.4, 0.5) is 0 Å². The van der Waals surface area contributed by atoms with Crippen LogP contribution in [0.15, 0.2) is 39.1 Å². The van der Waals surface area contributed by atoms with E-state index in [-0.39, 0.29) is 11.1 Å². The van der Waals surface area contributed by atoms with Crippen molar-refractivity contribution in [1.82, 2.24) is 9.97 Å². The van der Waals surface area contributed by atoms with E-state index in [2.05, 4.69) is 9.97 Å². The van der Waals surface area contributed by atoms with Crippen LogP contribution in [0.25, 0.3) is 0 Å². The number of rotatable bonds is 3. The number of benzene rings is 1. The molecule has 2 aromatic rings. The van der Waals surface area contributed by atoms with Gasteiger partial charge in [-0.15, -0.1) is 0 Å². The van der Waals surface area contributed by atoms with Crippen LogP contribution in [0.5, 0.6) is 0 Å². The lowest BCUT2D eigenvalue weighted by molar-refractivity contribution is 0.0693. The molecule has 0 radical (unpaired) electrons. The van der Waals surface area contributed by atoms with Gasteiger partial charge in [-0.1, -0.05) is 23.9 Å². The van der Waals surface area contributed by atoms with E-state index < -0.39 is 5.97 Å². The molecule has 0 amide bonds. The van der Waals surface area contributed by atoms with Crippen molar-refractivity contribution in [3.8, 4) is 0 Å². The maximum absolute atomic E-state index is 11.4. The standard InChI is InChI=1S/C13H12N2O3S/c1-7-4-3-5-9(12(17)18)11(7)19-13-14-8(2)6-10(16)15-13/h3-6H,1-2H3,(H,17,18)(H,14,15,16). The summed E-state index contributed by atoms with van der Waals surface area (Å²) in [7, 11) is 0. The monoisotopic (exact) mass is 276 g/mol. The summed E-state index contributed by atoms with van der Waals surface area (Å²) in [5.74, 6) is -0.999. The van der Waals surface area contributed by atoms with E-state index in [1.807, 2.05) is 13.0 Å². The molecule has 1 aromatic carbocycles. The van der Waals surface area contributed by atoms with Crippen molar-refractivity contribution in [2.75, 3.05) is 0 Å². The molecule has 0 spiro atoms. The van der Waals surface area contributed by atoms with Gasteiger partial charge in [-0.25, -0.2) is 9.78 Å². The summed E-state index contributed by atoms with van der Waals surface area (Å²) >= 11 is 1.15. The smallest absolute Gasteiger partial charge is 0.336 e. The highest BCUT2D eigenvalue weighted by molar-refractivity contribution is 7.99. The molecule has 2 N–H and O–H groups in total. The molecule has 0 bridgehead atoms. The number of carboxylic acid groups (broad SMARTS) is 1. The molecule has 0 aliphatic heterocycles. The molecular formula is C13H12N2O3S. The number of carboxylic acids is 1. The first-order chi connectivity index (χ1) is 8.97. The number of aryl methyl sites for hydroxylation is 2. The van der Waals surface area contributed by atoms with Gasteiger partial charge in [0.1, 0.15) is 0 Å². The van der Waals surface area contributed by atoms with Gasteiger partial charge in [0.25, 0.3) is 5.56 Å². The first-order valence-electron chi connectivity index (χ1n) is 5.56. The van der Waals surface area contributed by atoms with Gasteiger partial charge in [-0.2, -0.15) is 0 Å². The number of carbonyl (C=O) groups is 1. The number of hydrogen-bond acceptors (Lipinski definition) is 4. The Morgan fingerprint density at radius 2 is 2.11 bits per heavy atom. The zero-order valence-corrected chi connectivity index (χ0v) is 11.2. The Balaban J connectivity index is 2.48. The van der Waals surface area contributed by atoms with Crippen LogP contribution in [0.1, 0.15) is 21.6 Å². The number of H-pyrrole nitrogens is 1. The Kier molecular flexibility index (Phi) is 3.71. The fourth-order valence-corrected chi connectivity index (χ4v) is 2.68. The van der Waals surface area contributed by atoms with E-state index in [9.17, 15) is 14.7 Å². The number of hydrogen-bond donors (Lipinski definition) is 2. The third kappa shape index (κ3) is 3.03. The lowest BCUT2D eigenvalue weighted by atomic mass is 10.1. The second-order valence-electron chi connectivity index (χ2n) is 4.05. The van der Waals surface area contributed by atoms with Crippen molar-refractivity contribution in [2.24, 2.45) is 0 Å². The van der Waals surface area contributed by atoms with Gasteiger partial charge in [0.2, 0.25) is 0 Å². The van der Waals surface area contributed by atoms with Crippen LogP contribution in [-0.2, 0) is 0 Å². The van der Waals surface area contributed by atoms with Gasteiger partial charge in [-0.3, -0.25) is 4.79 Å². The van der Waals surface area contributed by atoms with Gasteiger partial charge in [0.15, 0.2) is 5.16 Å². The molecular weight excluding hydrogens is 264 g/mol. The van der Waals surface area contributed by atoms with Crippen LogP contribution >= 0.6 is 11.8 Å². The molecule has 6 heteroatoms. The minimum Gasteiger partial charge on any atom is -0.478 e. The van der Waals surface area contributed by atoms with Crippen molar-refractivity contribution in [2.45, 2.75) is 23.9 Å². The highest BCUT2D eigenvalue weighted by Crippen LogP contribution is 2.30. The van der Waals surface area contributed by atoms with Gasteiger partial charge in [0, 0.05) is 16.7 Å². The van der Waals surface area contributed by atoms with Gasteiger partial charge >= 0.3 is 5.97 Å². The number of nitrogens with one attached hydrogen (secondary N) is 1. The molecule has 2 rings (SSSR count). The highest BCUT2D eigenvalue weighted by atomic mass is 32.2. The van der Waals surface area contributed by atoms with Gasteiger partial charge in [0.05, 0.1) is 5.56 Å². The van der Waals surface area contributed by atoms with Crippen LogP contribution in [0.2, 0.25) is 0 Å². The second kappa shape index (κ2) is 5.27. The van der Waals surface area contributed by atoms with Crippen LogP contribution < -0.4 is 5.56 Å². The fourth-order valence-electron chi connectivity index (χ4n) is 1.65. The van der Waals surface area contributed by atoms with E-state index in [0.717, 1.165) is 17.3 Å². The Labute approximate surface area is 113 Å². The molecule has 0 atom stereocenters. The van der Waals surface area contributed by atoms with E-state index >= 15 is 0 Å². The average molecular weight is 276 g/mol.